The van der Waals surface area contributed by atoms with Gasteiger partial charge in [-0.05, 0) is 60.8 Å². The summed E-state index contributed by atoms with van der Waals surface area (Å²) in [5, 5.41) is 8.85. The maximum Gasteiger partial charge on any atom is 0.407 e. The summed E-state index contributed by atoms with van der Waals surface area (Å²) in [5.41, 5.74) is 5.10. The average Bonchev–Trinajstić information content (AvgIpc) is 3.96. The van der Waals surface area contributed by atoms with E-state index in [9.17, 15) is 19.2 Å². The number of rotatable bonds is 10. The molecule has 52 heavy (non-hydrogen) atoms. The number of alkyl carbamates (subject to hydrolysis) is 2. The van der Waals surface area contributed by atoms with Crippen molar-refractivity contribution in [2.45, 2.75) is 76.7 Å². The molecule has 5 atom stereocenters. The zero-order valence-electron chi connectivity index (χ0n) is 30.3. The van der Waals surface area contributed by atoms with Gasteiger partial charge in [0.25, 0.3) is 0 Å². The number of H-pyrrole nitrogens is 1. The standard InChI is InChI=1S/C38H48N8O6/c1-22(2)32(44-38(50)52-5)36(48)46-19-7-9-31(46)34-40-21-30(42-34)27-16-12-25(13-17-27)24-10-14-26(15-11-24)29-20-39-33(41-29)23(3)45-18-6-8-28(35(45)47)43-37(49)51-4/h10-17,21-23,28-29,31-32H,6-9,18-20H2,1-5H3,(H,39,41)(H,40,42)(H,43,49)(H,44,50)/t23-,28+,29?,31-,32-/m0/s1. The molecule has 0 spiro atoms. The highest BCUT2D eigenvalue weighted by Crippen LogP contribution is 2.33. The van der Waals surface area contributed by atoms with E-state index >= 15 is 0 Å². The van der Waals surface area contributed by atoms with E-state index in [1.54, 1.807) is 11.1 Å². The number of nitrogens with one attached hydrogen (secondary N) is 4. The molecule has 6 rings (SSSR count). The number of piperidine rings is 1. The SMILES string of the molecule is COC(=O)N[C@H](C(=O)N1CCC[C@H]1c1ncc(-c2ccc(-c3ccc(C4CN=C([C@H](C)N5CCC[C@@H](NC(=O)OC)C5=O)N4)cc3)cc2)[nH]1)C(C)C. The summed E-state index contributed by atoms with van der Waals surface area (Å²) in [6.45, 7) is 7.54. The normalized spacial score (nSPS) is 21.3. The van der Waals surface area contributed by atoms with Gasteiger partial charge in [0.2, 0.25) is 11.8 Å². The molecule has 276 valence electrons. The summed E-state index contributed by atoms with van der Waals surface area (Å²) in [7, 11) is 2.58. The summed E-state index contributed by atoms with van der Waals surface area (Å²) >= 11 is 0. The van der Waals surface area contributed by atoms with Crippen LogP contribution in [0.3, 0.4) is 0 Å². The number of ether oxygens (including phenoxy) is 2. The summed E-state index contributed by atoms with van der Waals surface area (Å²) in [4.78, 5) is 66.7. The number of hydrogen-bond donors (Lipinski definition) is 4. The van der Waals surface area contributed by atoms with Crippen molar-refractivity contribution in [3.63, 3.8) is 0 Å². The van der Waals surface area contributed by atoms with Gasteiger partial charge in [0.05, 0.1) is 50.8 Å². The summed E-state index contributed by atoms with van der Waals surface area (Å²) in [6.07, 6.45) is 3.58. The Kier molecular flexibility index (Phi) is 11.1. The van der Waals surface area contributed by atoms with Crippen molar-refractivity contribution in [2.75, 3.05) is 33.9 Å². The van der Waals surface area contributed by atoms with Crippen LogP contribution in [-0.2, 0) is 19.1 Å². The summed E-state index contributed by atoms with van der Waals surface area (Å²) < 4.78 is 9.43. The number of nitrogens with zero attached hydrogens (tertiary/aromatic N) is 4. The van der Waals surface area contributed by atoms with Crippen LogP contribution in [-0.4, -0.2) is 102 Å². The van der Waals surface area contributed by atoms with E-state index in [0.717, 1.165) is 58.9 Å². The molecule has 0 aliphatic carbocycles. The first kappa shape index (κ1) is 36.4. The molecular weight excluding hydrogens is 664 g/mol. The van der Waals surface area contributed by atoms with Gasteiger partial charge in [0.1, 0.15) is 23.7 Å². The Morgan fingerprint density at radius 3 is 2.21 bits per heavy atom. The molecule has 4 heterocycles. The minimum Gasteiger partial charge on any atom is -0.453 e. The Morgan fingerprint density at radius 1 is 0.885 bits per heavy atom. The summed E-state index contributed by atoms with van der Waals surface area (Å²) in [6, 6.07) is 15.0. The molecule has 2 saturated heterocycles. The third-order valence-electron chi connectivity index (χ3n) is 10.3. The van der Waals surface area contributed by atoms with Crippen LogP contribution in [0.15, 0.2) is 59.7 Å². The highest BCUT2D eigenvalue weighted by molar-refractivity contribution is 5.95. The third kappa shape index (κ3) is 7.75. The lowest BCUT2D eigenvalue weighted by molar-refractivity contribution is -0.137. The Hall–Kier alpha value is -5.40. The lowest BCUT2D eigenvalue weighted by atomic mass is 9.99. The first-order valence-electron chi connectivity index (χ1n) is 17.9. The smallest absolute Gasteiger partial charge is 0.407 e. The average molecular weight is 713 g/mol. The van der Waals surface area contributed by atoms with Gasteiger partial charge in [0.15, 0.2) is 0 Å². The van der Waals surface area contributed by atoms with Crippen molar-refractivity contribution in [3.05, 3.63) is 66.1 Å². The van der Waals surface area contributed by atoms with Crippen molar-refractivity contribution in [1.29, 1.82) is 0 Å². The second kappa shape index (κ2) is 15.9. The fourth-order valence-electron chi connectivity index (χ4n) is 7.26. The first-order chi connectivity index (χ1) is 25.1. The zero-order valence-corrected chi connectivity index (χ0v) is 30.3. The van der Waals surface area contributed by atoms with Crippen LogP contribution in [0.4, 0.5) is 9.59 Å². The maximum absolute atomic E-state index is 13.5. The number of amides is 4. The fourth-order valence-corrected chi connectivity index (χ4v) is 7.26. The number of imidazole rings is 1. The number of hydrogen-bond acceptors (Lipinski definition) is 9. The van der Waals surface area contributed by atoms with Gasteiger partial charge >= 0.3 is 12.2 Å². The number of carbonyl (C=O) groups excluding carboxylic acids is 4. The second-order valence-electron chi connectivity index (χ2n) is 13.9. The molecule has 2 aromatic carbocycles. The van der Waals surface area contributed by atoms with Gasteiger partial charge in [-0.1, -0.05) is 62.4 Å². The van der Waals surface area contributed by atoms with Crippen molar-refractivity contribution >= 4 is 29.8 Å². The largest absolute Gasteiger partial charge is 0.453 e. The predicted octanol–water partition coefficient (Wildman–Crippen LogP) is 4.57. The third-order valence-corrected chi connectivity index (χ3v) is 10.3. The number of likely N-dealkylation sites (tertiary alicyclic amines) is 2. The van der Waals surface area contributed by atoms with Crippen LogP contribution in [0.1, 0.15) is 69.9 Å². The zero-order chi connectivity index (χ0) is 36.9. The molecule has 4 amide bonds. The van der Waals surface area contributed by atoms with Gasteiger partial charge < -0.3 is 40.2 Å². The van der Waals surface area contributed by atoms with Crippen LogP contribution < -0.4 is 16.0 Å². The molecule has 4 N–H and O–H groups in total. The Balaban J connectivity index is 1.06. The van der Waals surface area contributed by atoms with E-state index in [4.69, 9.17) is 9.73 Å². The van der Waals surface area contributed by atoms with Crippen LogP contribution in [0, 0.1) is 5.92 Å². The molecule has 14 nitrogen and oxygen atoms in total. The number of amidine groups is 1. The van der Waals surface area contributed by atoms with Crippen LogP contribution in [0.25, 0.3) is 22.4 Å². The molecule has 3 aliphatic heterocycles. The first-order valence-corrected chi connectivity index (χ1v) is 17.9. The molecule has 1 unspecified atom stereocenters. The van der Waals surface area contributed by atoms with E-state index in [0.29, 0.717) is 26.1 Å². The monoisotopic (exact) mass is 712 g/mol. The van der Waals surface area contributed by atoms with Crippen LogP contribution in [0.5, 0.6) is 0 Å². The fraction of sp³-hybridized carbons (Fsp3) is 0.474. The predicted molar refractivity (Wildman–Crippen MR) is 195 cm³/mol. The van der Waals surface area contributed by atoms with E-state index in [1.807, 2.05) is 25.7 Å². The Morgan fingerprint density at radius 2 is 1.54 bits per heavy atom. The second-order valence-corrected chi connectivity index (χ2v) is 13.9. The van der Waals surface area contributed by atoms with E-state index < -0.39 is 24.3 Å². The van der Waals surface area contributed by atoms with Gasteiger partial charge in [-0.3, -0.25) is 14.6 Å². The number of aliphatic imine (C=N–C) groups is 1. The number of methoxy groups -OCH3 is 2. The number of aromatic amines is 1. The Bertz CT molecular complexity index is 1790. The van der Waals surface area contributed by atoms with Crippen molar-refractivity contribution < 1.29 is 28.7 Å². The van der Waals surface area contributed by atoms with E-state index in [-0.39, 0.29) is 35.9 Å². The molecule has 3 aromatic rings. The highest BCUT2D eigenvalue weighted by atomic mass is 16.5. The molecule has 3 aliphatic rings. The number of benzene rings is 2. The topological polar surface area (TPSA) is 170 Å². The lowest BCUT2D eigenvalue weighted by Gasteiger charge is -2.36. The number of carbonyl (C=O) groups is 4. The van der Waals surface area contributed by atoms with Crippen molar-refractivity contribution in [3.8, 4) is 22.4 Å². The van der Waals surface area contributed by atoms with Crippen molar-refractivity contribution in [1.82, 2.24) is 35.7 Å². The summed E-state index contributed by atoms with van der Waals surface area (Å²) in [5.74, 6) is 1.13. The minimum absolute atomic E-state index is 0.00112. The lowest BCUT2D eigenvalue weighted by Crippen LogP contribution is -2.57. The Labute approximate surface area is 303 Å². The number of aromatic nitrogens is 2. The maximum atomic E-state index is 13.5. The molecule has 0 bridgehead atoms. The molecular formula is C38H48N8O6. The van der Waals surface area contributed by atoms with Crippen molar-refractivity contribution in [2.24, 2.45) is 10.9 Å². The van der Waals surface area contributed by atoms with Gasteiger partial charge in [-0.15, -0.1) is 0 Å². The molecule has 1 aromatic heterocycles. The quantitative estimate of drug-likeness (QED) is 0.237. The van der Waals surface area contributed by atoms with Crippen LogP contribution in [0.2, 0.25) is 0 Å². The van der Waals surface area contributed by atoms with Gasteiger partial charge in [-0.25, -0.2) is 14.6 Å². The molecule has 0 radical (unpaired) electrons. The minimum atomic E-state index is -0.683. The van der Waals surface area contributed by atoms with E-state index in [2.05, 4.69) is 79.2 Å². The molecule has 2 fully saturated rings. The molecule has 0 saturated carbocycles. The highest BCUT2D eigenvalue weighted by Gasteiger charge is 2.38. The van der Waals surface area contributed by atoms with Crippen LogP contribution >= 0.6 is 0 Å². The van der Waals surface area contributed by atoms with Gasteiger partial charge in [0, 0.05) is 13.1 Å². The van der Waals surface area contributed by atoms with Gasteiger partial charge in [-0.2, -0.15) is 0 Å². The molecule has 14 heteroatoms. The van der Waals surface area contributed by atoms with E-state index in [1.165, 1.54) is 14.2 Å².